The Morgan fingerprint density at radius 3 is 2.63 bits per heavy atom. The summed E-state index contributed by atoms with van der Waals surface area (Å²) in [7, 11) is 2.06. The molecule has 0 bridgehead atoms. The molecule has 1 aromatic heterocycles. The van der Waals surface area contributed by atoms with E-state index in [1.165, 1.54) is 0 Å². The fraction of sp³-hybridized carbons (Fsp3) is 0.630. The number of anilines is 2. The number of ether oxygens (including phenoxy) is 1. The average Bonchev–Trinajstić information content (AvgIpc) is 3.28. The van der Waals surface area contributed by atoms with Gasteiger partial charge in [0.15, 0.2) is 0 Å². The van der Waals surface area contributed by atoms with Gasteiger partial charge >= 0.3 is 12.2 Å². The minimum absolute atomic E-state index is 0.148. The van der Waals surface area contributed by atoms with Crippen molar-refractivity contribution in [3.05, 3.63) is 40.3 Å². The number of nitrogens with zero attached hydrogens (tertiary/aromatic N) is 4. The van der Waals surface area contributed by atoms with E-state index in [1.807, 2.05) is 6.92 Å². The second-order valence-electron chi connectivity index (χ2n) is 11.0. The Morgan fingerprint density at radius 2 is 1.95 bits per heavy atom. The van der Waals surface area contributed by atoms with E-state index in [9.17, 15) is 13.2 Å². The van der Waals surface area contributed by atoms with Crippen LogP contribution in [0.25, 0.3) is 0 Å². The summed E-state index contributed by atoms with van der Waals surface area (Å²) in [6.45, 7) is 7.76. The first-order valence-corrected chi connectivity index (χ1v) is 13.4. The van der Waals surface area contributed by atoms with Crippen LogP contribution in [0.2, 0.25) is 0 Å². The molecule has 208 valence electrons. The fourth-order valence-corrected chi connectivity index (χ4v) is 6.17. The van der Waals surface area contributed by atoms with Gasteiger partial charge in [-0.3, -0.25) is 0 Å². The number of hydrogen-bond donors (Lipinski definition) is 2. The SMILES string of the molecule is CC1Cc2c(nc(OC[C@@H]3CCCN3C)nc2N2CCNC[C@@H]2C)CC1c1c(C(F)(F)F)ccc(N)c1F. The van der Waals surface area contributed by atoms with E-state index in [0.29, 0.717) is 18.7 Å². The van der Waals surface area contributed by atoms with Gasteiger partial charge in [-0.05, 0) is 70.2 Å². The number of nitrogen functional groups attached to an aromatic ring is 1. The van der Waals surface area contributed by atoms with Gasteiger partial charge in [0.2, 0.25) is 0 Å². The Labute approximate surface area is 220 Å². The molecule has 2 unspecified atom stereocenters. The molecular weight excluding hydrogens is 500 g/mol. The second-order valence-corrected chi connectivity index (χ2v) is 11.0. The molecule has 3 heterocycles. The Kier molecular flexibility index (Phi) is 7.43. The molecular formula is C27H36F4N6O. The molecule has 5 rings (SSSR count). The summed E-state index contributed by atoms with van der Waals surface area (Å²) in [5.74, 6) is -1.24. The van der Waals surface area contributed by atoms with E-state index in [0.717, 1.165) is 62.5 Å². The highest BCUT2D eigenvalue weighted by Crippen LogP contribution is 2.46. The second kappa shape index (κ2) is 10.5. The van der Waals surface area contributed by atoms with Crippen molar-refractivity contribution in [2.45, 2.75) is 63.7 Å². The van der Waals surface area contributed by atoms with E-state index in [4.69, 9.17) is 20.4 Å². The number of likely N-dealkylation sites (tertiary alicyclic amines) is 1. The minimum atomic E-state index is -4.70. The third-order valence-electron chi connectivity index (χ3n) is 8.41. The standard InChI is InChI=1S/C27H36F4N6O/c1-15-11-19-22(12-18(15)23-20(27(29,30)31)6-7-21(32)24(23)28)34-26(38-14-17-5-4-9-36(17)3)35-25(19)37-10-8-33-13-16(37)2/h6-7,15-18,33H,4-5,8-14,32H2,1-3H3/t15?,16-,17-,18?/m0/s1. The number of halogens is 4. The lowest BCUT2D eigenvalue weighted by molar-refractivity contribution is -0.138. The van der Waals surface area contributed by atoms with Crippen LogP contribution in [-0.4, -0.2) is 66.8 Å². The van der Waals surface area contributed by atoms with Gasteiger partial charge in [-0.1, -0.05) is 6.92 Å². The Balaban J connectivity index is 1.55. The minimum Gasteiger partial charge on any atom is -0.462 e. The van der Waals surface area contributed by atoms with Crippen molar-refractivity contribution >= 4 is 11.5 Å². The number of piperazine rings is 1. The fourth-order valence-electron chi connectivity index (χ4n) is 6.17. The number of likely N-dealkylation sites (N-methyl/N-ethyl adjacent to an activating group) is 1. The van der Waals surface area contributed by atoms with Gasteiger partial charge in [0.05, 0.1) is 16.9 Å². The highest BCUT2D eigenvalue weighted by Gasteiger charge is 2.41. The molecule has 38 heavy (non-hydrogen) atoms. The van der Waals surface area contributed by atoms with Crippen LogP contribution >= 0.6 is 0 Å². The molecule has 1 aliphatic carbocycles. The molecule has 3 aliphatic rings. The van der Waals surface area contributed by atoms with Crippen molar-refractivity contribution in [1.82, 2.24) is 20.2 Å². The Bertz CT molecular complexity index is 1180. The summed E-state index contributed by atoms with van der Waals surface area (Å²) in [6.07, 6.45) is -1.99. The largest absolute Gasteiger partial charge is 0.462 e. The lowest BCUT2D eigenvalue weighted by Crippen LogP contribution is -2.50. The quantitative estimate of drug-likeness (QED) is 0.442. The van der Waals surface area contributed by atoms with Crippen LogP contribution in [0, 0.1) is 11.7 Å². The van der Waals surface area contributed by atoms with Crippen LogP contribution in [0.15, 0.2) is 12.1 Å². The van der Waals surface area contributed by atoms with Crippen molar-refractivity contribution in [1.29, 1.82) is 0 Å². The molecule has 0 saturated carbocycles. The first-order valence-electron chi connectivity index (χ1n) is 13.4. The number of rotatable bonds is 5. The molecule has 0 spiro atoms. The maximum absolute atomic E-state index is 15.3. The summed E-state index contributed by atoms with van der Waals surface area (Å²) in [5, 5.41) is 3.38. The molecule has 2 saturated heterocycles. The van der Waals surface area contributed by atoms with Gasteiger partial charge in [-0.2, -0.15) is 23.1 Å². The number of alkyl halides is 3. The van der Waals surface area contributed by atoms with Gasteiger partial charge in [0.25, 0.3) is 0 Å². The highest BCUT2D eigenvalue weighted by atomic mass is 19.4. The van der Waals surface area contributed by atoms with Crippen LogP contribution in [0.5, 0.6) is 6.01 Å². The number of nitrogens with two attached hydrogens (primary N) is 1. The molecule has 0 radical (unpaired) electrons. The predicted octanol–water partition coefficient (Wildman–Crippen LogP) is 4.01. The van der Waals surface area contributed by atoms with Crippen LogP contribution in [0.4, 0.5) is 29.1 Å². The summed E-state index contributed by atoms with van der Waals surface area (Å²) in [4.78, 5) is 14.0. The molecule has 1 aromatic carbocycles. The maximum Gasteiger partial charge on any atom is 0.416 e. The molecule has 3 N–H and O–H groups in total. The molecule has 2 fully saturated rings. The number of benzene rings is 1. The summed E-state index contributed by atoms with van der Waals surface area (Å²) >= 11 is 0. The van der Waals surface area contributed by atoms with Gasteiger partial charge in [-0.25, -0.2) is 4.39 Å². The zero-order valence-corrected chi connectivity index (χ0v) is 22.1. The lowest BCUT2D eigenvalue weighted by atomic mass is 9.73. The summed E-state index contributed by atoms with van der Waals surface area (Å²) in [5.41, 5.74) is 5.64. The Hall–Kier alpha value is -2.66. The van der Waals surface area contributed by atoms with Crippen LogP contribution in [0.3, 0.4) is 0 Å². The van der Waals surface area contributed by atoms with Gasteiger partial charge < -0.3 is 25.6 Å². The lowest BCUT2D eigenvalue weighted by Gasteiger charge is -2.39. The third-order valence-corrected chi connectivity index (χ3v) is 8.41. The van der Waals surface area contributed by atoms with Crippen molar-refractivity contribution in [3.63, 3.8) is 0 Å². The smallest absolute Gasteiger partial charge is 0.416 e. The third kappa shape index (κ3) is 5.14. The first kappa shape index (κ1) is 26.9. The monoisotopic (exact) mass is 536 g/mol. The van der Waals surface area contributed by atoms with Crippen molar-refractivity contribution in [2.75, 3.05) is 50.5 Å². The average molecular weight is 537 g/mol. The van der Waals surface area contributed by atoms with E-state index >= 15 is 4.39 Å². The number of aromatic nitrogens is 2. The molecule has 2 aromatic rings. The van der Waals surface area contributed by atoms with Crippen molar-refractivity contribution < 1.29 is 22.3 Å². The zero-order valence-electron chi connectivity index (χ0n) is 22.1. The van der Waals surface area contributed by atoms with Gasteiger partial charge in [-0.15, -0.1) is 0 Å². The first-order chi connectivity index (χ1) is 18.0. The highest BCUT2D eigenvalue weighted by molar-refractivity contribution is 5.55. The normalized spacial score (nSPS) is 26.4. The van der Waals surface area contributed by atoms with E-state index in [2.05, 4.69) is 29.1 Å². The van der Waals surface area contributed by atoms with Gasteiger partial charge in [0, 0.05) is 42.8 Å². The topological polar surface area (TPSA) is 79.5 Å². The van der Waals surface area contributed by atoms with Gasteiger partial charge in [0.1, 0.15) is 18.2 Å². The predicted molar refractivity (Wildman–Crippen MR) is 138 cm³/mol. The van der Waals surface area contributed by atoms with E-state index in [-0.39, 0.29) is 41.7 Å². The molecule has 2 aliphatic heterocycles. The van der Waals surface area contributed by atoms with E-state index in [1.54, 1.807) is 0 Å². The maximum atomic E-state index is 15.3. The molecule has 11 heteroatoms. The molecule has 0 amide bonds. The van der Waals surface area contributed by atoms with E-state index < -0.39 is 23.5 Å². The van der Waals surface area contributed by atoms with Crippen molar-refractivity contribution in [2.24, 2.45) is 5.92 Å². The summed E-state index contributed by atoms with van der Waals surface area (Å²) < 4.78 is 63.2. The Morgan fingerprint density at radius 1 is 1.16 bits per heavy atom. The number of fused-ring (bicyclic) bond motifs is 1. The summed E-state index contributed by atoms with van der Waals surface area (Å²) in [6, 6.07) is 2.53. The zero-order chi connectivity index (χ0) is 27.2. The molecule has 4 atom stereocenters. The molecule has 7 nitrogen and oxygen atoms in total. The van der Waals surface area contributed by atoms with Crippen LogP contribution in [0.1, 0.15) is 55.0 Å². The van der Waals surface area contributed by atoms with Crippen LogP contribution < -0.4 is 20.7 Å². The number of hydrogen-bond acceptors (Lipinski definition) is 7. The van der Waals surface area contributed by atoms with Crippen LogP contribution in [-0.2, 0) is 19.0 Å². The number of nitrogens with one attached hydrogen (secondary N) is 1. The van der Waals surface area contributed by atoms with Crippen molar-refractivity contribution in [3.8, 4) is 6.01 Å².